The van der Waals surface area contributed by atoms with Gasteiger partial charge >= 0.3 is 0 Å². The quantitative estimate of drug-likeness (QED) is 0.0252. The van der Waals surface area contributed by atoms with Crippen molar-refractivity contribution >= 4 is 23.4 Å². The van der Waals surface area contributed by atoms with Crippen LogP contribution in [0.25, 0.3) is 6.08 Å². The minimum atomic E-state index is -1.58. The number of ether oxygens (including phenoxy) is 4. The second kappa shape index (κ2) is 23.6. The summed E-state index contributed by atoms with van der Waals surface area (Å²) in [7, 11) is 0. The molecule has 1 unspecified atom stereocenters. The van der Waals surface area contributed by atoms with Gasteiger partial charge in [0.15, 0.2) is 0 Å². The number of aliphatic hydroxyl groups excluding tert-OH is 2. The van der Waals surface area contributed by atoms with Gasteiger partial charge in [0.2, 0.25) is 18.0 Å². The number of benzene rings is 3. The van der Waals surface area contributed by atoms with E-state index in [9.17, 15) is 24.7 Å². The Morgan fingerprint density at radius 2 is 1.81 bits per heavy atom. The molecule has 3 heterocycles. The van der Waals surface area contributed by atoms with Crippen molar-refractivity contribution in [2.24, 2.45) is 22.9 Å². The fourth-order valence-corrected chi connectivity index (χ4v) is 10.6. The van der Waals surface area contributed by atoms with E-state index < -0.39 is 40.7 Å². The number of nitro benzene ring substituents is 1. The average Bonchev–Trinajstić information content (AvgIpc) is 3.37. The molecule has 0 spiro atoms. The molecule has 1 saturated heterocycles. The first-order valence-electron chi connectivity index (χ1n) is 24.5. The van der Waals surface area contributed by atoms with Gasteiger partial charge in [0.1, 0.15) is 30.0 Å². The third-order valence-corrected chi connectivity index (χ3v) is 13.8. The number of hydrogen-bond donors (Lipinski definition) is 2. The van der Waals surface area contributed by atoms with Gasteiger partial charge in [-0.05, 0) is 135 Å². The van der Waals surface area contributed by atoms with Crippen molar-refractivity contribution in [3.63, 3.8) is 0 Å². The number of allylic oxidation sites excluding steroid dienone is 1. The van der Waals surface area contributed by atoms with Crippen molar-refractivity contribution in [1.82, 2.24) is 9.88 Å². The molecule has 3 aromatic carbocycles. The minimum absolute atomic E-state index is 0.000114. The highest BCUT2D eigenvalue weighted by Gasteiger charge is 2.65. The Kier molecular flexibility index (Phi) is 16.9. The number of carbonyl (C=O) groups excluding carboxylic acids is 1. The molecule has 14 nitrogen and oxygen atoms in total. The molecule has 7 atom stereocenters. The van der Waals surface area contributed by atoms with Crippen molar-refractivity contribution in [1.29, 1.82) is 0 Å². The summed E-state index contributed by atoms with van der Waals surface area (Å²) in [5.74, 6) is -2.19. The number of halogens is 1. The number of rotatable bonds is 22. The highest BCUT2D eigenvalue weighted by atomic mass is 19.1. The van der Waals surface area contributed by atoms with Gasteiger partial charge < -0.3 is 38.9 Å². The van der Waals surface area contributed by atoms with E-state index in [1.165, 1.54) is 30.3 Å². The van der Waals surface area contributed by atoms with E-state index in [4.69, 9.17) is 28.9 Å². The van der Waals surface area contributed by atoms with Gasteiger partial charge in [-0.1, -0.05) is 48.3 Å². The number of aromatic nitrogens is 1. The van der Waals surface area contributed by atoms with E-state index in [0.717, 1.165) is 61.0 Å². The molecule has 2 fully saturated rings. The van der Waals surface area contributed by atoms with Crippen LogP contribution in [0.4, 0.5) is 10.1 Å². The summed E-state index contributed by atoms with van der Waals surface area (Å²) in [5.41, 5.74) is 5.18. The van der Waals surface area contributed by atoms with Gasteiger partial charge in [-0.3, -0.25) is 19.9 Å². The molecule has 2 aliphatic heterocycles. The summed E-state index contributed by atoms with van der Waals surface area (Å²) in [6.07, 6.45) is 13.3. The van der Waals surface area contributed by atoms with Crippen molar-refractivity contribution in [2.45, 2.75) is 108 Å². The van der Waals surface area contributed by atoms with Gasteiger partial charge in [0.25, 0.3) is 5.69 Å². The number of oxime groups is 1. The molecule has 4 aromatic rings. The standard InChI is InChI=1S/C55H63FN4O10/c1-3-30-68-55-50(59(35-39-16-21-41(56)22-17-39)51(63)27-20-38-18-23-43(24-19-38)60(64)65)34-48(58-70-52-15-6-9-31-66-52)46-32-40(12-4-7-28-61)45(14-5-8-29-62)53(54(46)55)47-33-44(25-26-49(47)69-55)67-36-42-13-10-11-37(2)57-42/h3,10-11,13,16-27,32-33,40,45,50,52-54,61-62H,1,4-9,12,14-15,28-31,34-36H2,2H3/t40-,45+,50-,52?,53+,54+,55+/m0/s1. The zero-order valence-electron chi connectivity index (χ0n) is 39.7. The summed E-state index contributed by atoms with van der Waals surface area (Å²) in [5, 5.41) is 36.5. The van der Waals surface area contributed by atoms with Crippen LogP contribution < -0.4 is 9.47 Å². The SMILES string of the molecule is C=CCO[C@@]12Oc3ccc(OCc4cccc(C)n4)cc3[C@H]3[C@H](CCCCO)[C@@H](CCCCO)C=C(C(=NOC4CCCCO4)C[C@@H]1N(Cc1ccc(F)cc1)C(=O)C=Cc1ccc([N+](=O)[O-])cc1)[C@H]32. The summed E-state index contributed by atoms with van der Waals surface area (Å²) < 4.78 is 41.6. The van der Waals surface area contributed by atoms with Crippen LogP contribution in [0.15, 0.2) is 120 Å². The monoisotopic (exact) mass is 958 g/mol. The summed E-state index contributed by atoms with van der Waals surface area (Å²) in [4.78, 5) is 38.8. The van der Waals surface area contributed by atoms with Crippen LogP contribution in [0.1, 0.15) is 98.2 Å². The second-order valence-electron chi connectivity index (χ2n) is 18.5. The Morgan fingerprint density at radius 1 is 1.03 bits per heavy atom. The molecule has 2 aliphatic carbocycles. The number of amides is 1. The summed E-state index contributed by atoms with van der Waals surface area (Å²) >= 11 is 0. The Labute approximate surface area is 408 Å². The van der Waals surface area contributed by atoms with E-state index in [0.29, 0.717) is 54.2 Å². The van der Waals surface area contributed by atoms with Crippen LogP contribution >= 0.6 is 0 Å². The number of aliphatic hydroxyl groups is 2. The second-order valence-corrected chi connectivity index (χ2v) is 18.5. The molecule has 370 valence electrons. The van der Waals surface area contributed by atoms with Gasteiger partial charge in [-0.15, -0.1) is 6.58 Å². The molecule has 2 N–H and O–H groups in total. The first-order valence-corrected chi connectivity index (χ1v) is 24.5. The number of hydrogen-bond acceptors (Lipinski definition) is 12. The predicted molar refractivity (Wildman–Crippen MR) is 262 cm³/mol. The molecule has 1 aromatic heterocycles. The normalized spacial score (nSPS) is 24.2. The van der Waals surface area contributed by atoms with E-state index in [1.807, 2.05) is 43.3 Å². The first-order chi connectivity index (χ1) is 34.1. The highest BCUT2D eigenvalue weighted by molar-refractivity contribution is 6.03. The van der Waals surface area contributed by atoms with Crippen LogP contribution in [0, 0.1) is 40.6 Å². The molecule has 1 amide bonds. The summed E-state index contributed by atoms with van der Waals surface area (Å²) in [6, 6.07) is 22.6. The van der Waals surface area contributed by atoms with Gasteiger partial charge in [-0.2, -0.15) is 0 Å². The largest absolute Gasteiger partial charge is 0.487 e. The van der Waals surface area contributed by atoms with Crippen molar-refractivity contribution in [2.75, 3.05) is 26.4 Å². The topological polar surface area (TPSA) is 175 Å². The Morgan fingerprint density at radius 3 is 2.53 bits per heavy atom. The van der Waals surface area contributed by atoms with Crippen LogP contribution in [0.3, 0.4) is 0 Å². The van der Waals surface area contributed by atoms with Gasteiger partial charge in [0.05, 0.1) is 35.5 Å². The first kappa shape index (κ1) is 50.1. The number of fused-ring (bicyclic) bond motifs is 2. The lowest BCUT2D eigenvalue weighted by Gasteiger charge is -2.60. The maximum Gasteiger partial charge on any atom is 0.269 e. The molecule has 4 aliphatic rings. The lowest BCUT2D eigenvalue weighted by atomic mass is 9.55. The van der Waals surface area contributed by atoms with E-state index >= 15 is 4.79 Å². The van der Waals surface area contributed by atoms with Crippen LogP contribution in [0.2, 0.25) is 0 Å². The van der Waals surface area contributed by atoms with Crippen LogP contribution in [-0.2, 0) is 32.3 Å². The number of unbranched alkanes of at least 4 members (excludes halogenated alkanes) is 2. The molecule has 0 radical (unpaired) electrons. The summed E-state index contributed by atoms with van der Waals surface area (Å²) in [6.45, 7) is 6.95. The fraction of sp³-hybridized carbons (Fsp3) is 0.436. The molecule has 0 bridgehead atoms. The lowest BCUT2D eigenvalue weighted by molar-refractivity contribution is -0.384. The Bertz CT molecular complexity index is 2530. The van der Waals surface area contributed by atoms with Gasteiger partial charge in [0, 0.05) is 68.0 Å². The molecule has 1 saturated carbocycles. The lowest BCUT2D eigenvalue weighted by Crippen LogP contribution is -2.70. The maximum atomic E-state index is 15.2. The predicted octanol–water partition coefficient (Wildman–Crippen LogP) is 9.92. The zero-order valence-corrected chi connectivity index (χ0v) is 39.7. The number of nitrogens with zero attached hydrogens (tertiary/aromatic N) is 4. The molecular formula is C55H63FN4O10. The fourth-order valence-electron chi connectivity index (χ4n) is 10.6. The Hall–Kier alpha value is -6.26. The smallest absolute Gasteiger partial charge is 0.269 e. The average molecular weight is 959 g/mol. The number of carbonyl (C=O) groups is 1. The zero-order chi connectivity index (χ0) is 49.0. The Balaban J connectivity index is 1.32. The van der Waals surface area contributed by atoms with E-state index in [1.54, 1.807) is 41.3 Å². The molecule has 70 heavy (non-hydrogen) atoms. The minimum Gasteiger partial charge on any atom is -0.487 e. The number of nitro groups is 1. The number of aryl methyl sites for hydroxylation is 1. The third-order valence-electron chi connectivity index (χ3n) is 13.8. The van der Waals surface area contributed by atoms with Crippen molar-refractivity contribution in [3.05, 3.63) is 159 Å². The van der Waals surface area contributed by atoms with Gasteiger partial charge in [-0.25, -0.2) is 4.39 Å². The molecule has 15 heteroatoms. The maximum absolute atomic E-state index is 15.2. The number of non-ortho nitro benzene ring substituents is 1. The van der Waals surface area contributed by atoms with E-state index in [-0.39, 0.29) is 62.8 Å². The third kappa shape index (κ3) is 11.7. The van der Waals surface area contributed by atoms with Crippen molar-refractivity contribution < 1.29 is 48.1 Å². The van der Waals surface area contributed by atoms with Crippen LogP contribution in [-0.4, -0.2) is 81.2 Å². The van der Waals surface area contributed by atoms with Crippen LogP contribution in [0.5, 0.6) is 11.5 Å². The molecular weight excluding hydrogens is 896 g/mol. The number of pyridine rings is 1. The van der Waals surface area contributed by atoms with Crippen molar-refractivity contribution in [3.8, 4) is 11.5 Å². The highest BCUT2D eigenvalue weighted by Crippen LogP contribution is 2.62. The van der Waals surface area contributed by atoms with E-state index in [2.05, 4.69) is 17.6 Å². The molecule has 8 rings (SSSR count).